The normalized spacial score (nSPS) is 18.3. The third-order valence-electron chi connectivity index (χ3n) is 4.24. The first kappa shape index (κ1) is 17.0. The van der Waals surface area contributed by atoms with E-state index in [-0.39, 0.29) is 17.3 Å². The minimum atomic E-state index is -0.335. The second-order valence-corrected chi connectivity index (χ2v) is 6.48. The highest BCUT2D eigenvalue weighted by Crippen LogP contribution is 2.36. The molecule has 2 aromatic carbocycles. The monoisotopic (exact) mass is 360 g/mol. The van der Waals surface area contributed by atoms with Crippen LogP contribution < -0.4 is 4.90 Å². The fraction of sp³-hybridized carbons (Fsp3) is 0.263. The minimum Gasteiger partial charge on any atom is -0.309 e. The van der Waals surface area contributed by atoms with E-state index in [1.54, 1.807) is 0 Å². The summed E-state index contributed by atoms with van der Waals surface area (Å²) in [6.07, 6.45) is 0.934. The Morgan fingerprint density at radius 2 is 1.83 bits per heavy atom. The number of carbonyl (C=O) groups excluding carboxylic acids is 1. The van der Waals surface area contributed by atoms with Gasteiger partial charge < -0.3 is 4.90 Å². The molecule has 2 aliphatic heterocycles. The quantitative estimate of drug-likeness (QED) is 0.700. The summed E-state index contributed by atoms with van der Waals surface area (Å²) < 4.78 is 0. The Bertz CT molecular complexity index is 774. The Hall–Kier alpha value is -1.84. The van der Waals surface area contributed by atoms with E-state index in [0.717, 1.165) is 35.5 Å². The molecule has 1 amide bonds. The van der Waals surface area contributed by atoms with Crippen LogP contribution in [0.1, 0.15) is 23.6 Å². The molecule has 0 radical (unpaired) electrons. The van der Waals surface area contributed by atoms with Crippen LogP contribution in [0.25, 0.3) is 0 Å². The molecule has 124 valence electrons. The molecule has 0 saturated heterocycles. The van der Waals surface area contributed by atoms with Crippen molar-refractivity contribution in [2.45, 2.75) is 19.4 Å². The summed E-state index contributed by atoms with van der Waals surface area (Å²) in [4.78, 5) is 19.2. The molecule has 2 aromatic rings. The van der Waals surface area contributed by atoms with E-state index in [0.29, 0.717) is 0 Å². The van der Waals surface area contributed by atoms with Crippen LogP contribution in [-0.2, 0) is 11.2 Å². The highest BCUT2D eigenvalue weighted by atomic mass is 35.5. The predicted octanol–water partition coefficient (Wildman–Crippen LogP) is 4.24. The van der Waals surface area contributed by atoms with Crippen LogP contribution >= 0.6 is 23.2 Å². The van der Waals surface area contributed by atoms with Crippen LogP contribution in [0.2, 0.25) is 0 Å². The summed E-state index contributed by atoms with van der Waals surface area (Å²) in [5.41, 5.74) is 5.39. The average Bonchev–Trinajstić information content (AvgIpc) is 3.00. The van der Waals surface area contributed by atoms with Gasteiger partial charge in [-0.3, -0.25) is 9.79 Å². The van der Waals surface area contributed by atoms with Crippen molar-refractivity contribution in [2.24, 2.45) is 4.99 Å². The molecular weight excluding hydrogens is 343 g/mol. The van der Waals surface area contributed by atoms with Gasteiger partial charge in [0.1, 0.15) is 6.04 Å². The zero-order chi connectivity index (χ0) is 17.1. The number of amides is 1. The van der Waals surface area contributed by atoms with Crippen LogP contribution in [0.15, 0.2) is 53.5 Å². The van der Waals surface area contributed by atoms with Gasteiger partial charge in [-0.25, -0.2) is 0 Å². The van der Waals surface area contributed by atoms with Crippen LogP contribution in [0.4, 0.5) is 5.69 Å². The maximum atomic E-state index is 12.6. The molecule has 0 aromatic heterocycles. The van der Waals surface area contributed by atoms with E-state index in [9.17, 15) is 4.79 Å². The number of para-hydroxylation sites is 1. The maximum Gasteiger partial charge on any atom is 0.251 e. The van der Waals surface area contributed by atoms with E-state index >= 15 is 0 Å². The van der Waals surface area contributed by atoms with Gasteiger partial charge in [0.2, 0.25) is 0 Å². The minimum absolute atomic E-state index is 0.104. The topological polar surface area (TPSA) is 32.7 Å². The first-order chi connectivity index (χ1) is 11.7. The van der Waals surface area contributed by atoms with Gasteiger partial charge in [0.15, 0.2) is 0 Å². The van der Waals surface area contributed by atoms with Gasteiger partial charge in [-0.1, -0.05) is 48.5 Å². The summed E-state index contributed by atoms with van der Waals surface area (Å²) in [6, 6.07) is 16.1. The number of alkyl halides is 2. The summed E-state index contributed by atoms with van der Waals surface area (Å²) in [7, 11) is 0. The lowest BCUT2D eigenvalue weighted by Crippen LogP contribution is -2.35. The number of hydrogen-bond acceptors (Lipinski definition) is 2. The van der Waals surface area contributed by atoms with Gasteiger partial charge in [0, 0.05) is 17.7 Å². The van der Waals surface area contributed by atoms with Crippen molar-refractivity contribution in [2.75, 3.05) is 16.8 Å². The van der Waals surface area contributed by atoms with E-state index in [2.05, 4.69) is 30.3 Å². The van der Waals surface area contributed by atoms with Crippen molar-refractivity contribution >= 4 is 40.5 Å². The molecule has 4 rings (SSSR count). The first-order valence-corrected chi connectivity index (χ1v) is 8.93. The molecule has 0 aliphatic carbocycles. The number of carbonyl (C=O) groups is 1. The highest BCUT2D eigenvalue weighted by Gasteiger charge is 2.34. The maximum absolute atomic E-state index is 12.6. The van der Waals surface area contributed by atoms with E-state index in [1.807, 2.05) is 30.0 Å². The molecule has 2 aliphatic rings. The molecule has 3 nitrogen and oxygen atoms in total. The molecule has 0 bridgehead atoms. The van der Waals surface area contributed by atoms with Gasteiger partial charge in [-0.05, 0) is 18.9 Å². The number of rotatable bonds is 1. The van der Waals surface area contributed by atoms with Crippen LogP contribution in [0, 0.1) is 0 Å². The van der Waals surface area contributed by atoms with Crippen molar-refractivity contribution in [3.63, 3.8) is 0 Å². The van der Waals surface area contributed by atoms with Crippen molar-refractivity contribution in [3.8, 4) is 0 Å². The summed E-state index contributed by atoms with van der Waals surface area (Å²) in [5.74, 6) is 0.104. The van der Waals surface area contributed by atoms with Gasteiger partial charge in [0.25, 0.3) is 5.91 Å². The van der Waals surface area contributed by atoms with E-state index in [4.69, 9.17) is 28.2 Å². The molecule has 1 unspecified atom stereocenters. The molecule has 24 heavy (non-hydrogen) atoms. The highest BCUT2D eigenvalue weighted by molar-refractivity contribution is 6.40. The molecular formula is C19H18Cl2N2O. The molecule has 2 heterocycles. The third-order valence-corrected chi connectivity index (χ3v) is 4.24. The Kier molecular flexibility index (Phi) is 5.22. The third kappa shape index (κ3) is 3.06. The number of hydrogen-bond donors (Lipinski definition) is 0. The number of nitrogens with zero attached hydrogens (tertiary/aromatic N) is 2. The zero-order valence-electron chi connectivity index (χ0n) is 13.4. The lowest BCUT2D eigenvalue weighted by atomic mass is 9.98. The summed E-state index contributed by atoms with van der Waals surface area (Å²) in [6.45, 7) is 2.66. The summed E-state index contributed by atoms with van der Waals surface area (Å²) >= 11 is 9.53. The Balaban J connectivity index is 0.000000526. The van der Waals surface area contributed by atoms with Crippen molar-refractivity contribution < 1.29 is 4.79 Å². The average molecular weight is 361 g/mol. The fourth-order valence-corrected chi connectivity index (χ4v) is 3.24. The van der Waals surface area contributed by atoms with E-state index in [1.165, 1.54) is 5.56 Å². The van der Waals surface area contributed by atoms with Crippen LogP contribution in [-0.4, -0.2) is 29.5 Å². The zero-order valence-corrected chi connectivity index (χ0v) is 14.9. The molecule has 0 N–H and O–H groups in total. The SMILES string of the molecule is CC1N=C(c2ccccc2)c2cccc3c2N(CC3)C1=O.ClCCl. The number of benzene rings is 2. The molecule has 0 saturated carbocycles. The van der Waals surface area contributed by atoms with Gasteiger partial charge in [0.05, 0.1) is 16.7 Å². The Morgan fingerprint density at radius 1 is 1.12 bits per heavy atom. The van der Waals surface area contributed by atoms with E-state index < -0.39 is 0 Å². The number of anilines is 1. The van der Waals surface area contributed by atoms with Crippen molar-refractivity contribution in [1.82, 2.24) is 0 Å². The Labute approximate surface area is 151 Å². The van der Waals surface area contributed by atoms with Crippen LogP contribution in [0.3, 0.4) is 0 Å². The lowest BCUT2D eigenvalue weighted by molar-refractivity contribution is -0.119. The second-order valence-electron chi connectivity index (χ2n) is 5.67. The largest absolute Gasteiger partial charge is 0.309 e. The first-order valence-electron chi connectivity index (χ1n) is 7.86. The number of aliphatic imine (C=N–C) groups is 1. The Morgan fingerprint density at radius 3 is 2.54 bits per heavy atom. The second kappa shape index (κ2) is 7.37. The van der Waals surface area contributed by atoms with Gasteiger partial charge in [-0.15, -0.1) is 23.2 Å². The van der Waals surface area contributed by atoms with Crippen molar-refractivity contribution in [1.29, 1.82) is 0 Å². The fourth-order valence-electron chi connectivity index (χ4n) is 3.24. The molecule has 0 fully saturated rings. The van der Waals surface area contributed by atoms with Crippen molar-refractivity contribution in [3.05, 3.63) is 65.2 Å². The van der Waals surface area contributed by atoms with Crippen LogP contribution in [0.5, 0.6) is 0 Å². The predicted molar refractivity (Wildman–Crippen MR) is 101 cm³/mol. The number of halogens is 2. The lowest BCUT2D eigenvalue weighted by Gasteiger charge is -2.18. The van der Waals surface area contributed by atoms with Gasteiger partial charge >= 0.3 is 0 Å². The smallest absolute Gasteiger partial charge is 0.251 e. The summed E-state index contributed by atoms with van der Waals surface area (Å²) in [5, 5.41) is 0.194. The molecule has 0 spiro atoms. The molecule has 1 atom stereocenters. The standard InChI is InChI=1S/C18H16N2O.CH2Cl2/c1-12-18(21)20-11-10-14-8-5-9-15(17(14)20)16(19-12)13-6-3-2-4-7-13;2-1-3/h2-9,12H,10-11H2,1H3;1H2. The van der Waals surface area contributed by atoms with Gasteiger partial charge in [-0.2, -0.15) is 0 Å². The molecule has 5 heteroatoms.